The largest absolute Gasteiger partial charge is 0.396 e. The normalized spacial score (nSPS) is 12.2. The van der Waals surface area contributed by atoms with E-state index >= 15 is 0 Å². The Morgan fingerprint density at radius 3 is 2.30 bits per heavy atom. The first-order valence-electron chi connectivity index (χ1n) is 10.1. The van der Waals surface area contributed by atoms with Gasteiger partial charge in [0.1, 0.15) is 5.82 Å². The smallest absolute Gasteiger partial charge is 0.139 e. The minimum absolute atomic E-state index is 0.0657. The fourth-order valence-corrected chi connectivity index (χ4v) is 3.39. The van der Waals surface area contributed by atoms with Crippen molar-refractivity contribution in [3.63, 3.8) is 0 Å². The summed E-state index contributed by atoms with van der Waals surface area (Å²) >= 11 is 0. The molecular formula is C23H33N3O. The highest BCUT2D eigenvalue weighted by Gasteiger charge is 2.20. The average molecular weight is 368 g/mol. The van der Waals surface area contributed by atoms with Crippen molar-refractivity contribution >= 4 is 17.2 Å². The molecule has 1 unspecified atom stereocenters. The molecule has 0 saturated carbocycles. The minimum Gasteiger partial charge on any atom is -0.396 e. The number of rotatable bonds is 10. The minimum atomic E-state index is 0.0657. The molecular weight excluding hydrogens is 334 g/mol. The summed E-state index contributed by atoms with van der Waals surface area (Å²) in [6.07, 6.45) is 5.25. The van der Waals surface area contributed by atoms with Gasteiger partial charge in [-0.2, -0.15) is 0 Å². The summed E-state index contributed by atoms with van der Waals surface area (Å²) in [6.45, 7) is 8.73. The lowest BCUT2D eigenvalue weighted by Gasteiger charge is -2.20. The van der Waals surface area contributed by atoms with Crippen LogP contribution >= 0.6 is 0 Å². The van der Waals surface area contributed by atoms with Gasteiger partial charge in [-0.1, -0.05) is 39.8 Å². The molecule has 1 atom stereocenters. The molecule has 27 heavy (non-hydrogen) atoms. The predicted molar refractivity (Wildman–Crippen MR) is 114 cm³/mol. The lowest BCUT2D eigenvalue weighted by atomic mass is 9.89. The number of nitrogens with one attached hydrogen (secondary N) is 2. The second-order valence-electron chi connectivity index (χ2n) is 7.15. The highest BCUT2D eigenvalue weighted by atomic mass is 16.2. The van der Waals surface area contributed by atoms with Crippen LogP contribution in [0, 0.1) is 11.3 Å². The molecule has 0 fully saturated rings. The fourth-order valence-electron chi connectivity index (χ4n) is 3.39. The molecule has 4 nitrogen and oxygen atoms in total. The van der Waals surface area contributed by atoms with Crippen molar-refractivity contribution in [3.05, 3.63) is 53.2 Å². The van der Waals surface area contributed by atoms with Gasteiger partial charge in [-0.3, -0.25) is 0 Å². The van der Waals surface area contributed by atoms with Crippen molar-refractivity contribution in [1.82, 2.24) is 4.98 Å². The van der Waals surface area contributed by atoms with Gasteiger partial charge in [0.05, 0.1) is 0 Å². The molecule has 0 aliphatic rings. The third-order valence-corrected chi connectivity index (χ3v) is 5.44. The molecule has 0 aliphatic heterocycles. The van der Waals surface area contributed by atoms with E-state index in [4.69, 9.17) is 5.41 Å². The predicted octanol–water partition coefficient (Wildman–Crippen LogP) is 5.68. The van der Waals surface area contributed by atoms with Gasteiger partial charge < -0.3 is 15.8 Å². The Kier molecular flexibility index (Phi) is 7.99. The Balaban J connectivity index is 2.38. The second kappa shape index (κ2) is 10.2. The molecule has 0 spiro atoms. The monoisotopic (exact) mass is 367 g/mol. The Labute approximate surface area is 163 Å². The maximum atomic E-state index is 9.45. The lowest BCUT2D eigenvalue weighted by Crippen LogP contribution is -2.18. The third kappa shape index (κ3) is 5.16. The van der Waals surface area contributed by atoms with E-state index in [2.05, 4.69) is 62.3 Å². The maximum Gasteiger partial charge on any atom is 0.139 e. The molecule has 0 bridgehead atoms. The van der Waals surface area contributed by atoms with Crippen LogP contribution in [0.25, 0.3) is 0 Å². The van der Waals surface area contributed by atoms with Crippen LogP contribution in [0.3, 0.4) is 0 Å². The summed E-state index contributed by atoms with van der Waals surface area (Å²) in [5.41, 5.74) is 4.72. The van der Waals surface area contributed by atoms with Gasteiger partial charge in [0, 0.05) is 35.7 Å². The zero-order valence-corrected chi connectivity index (χ0v) is 17.0. The van der Waals surface area contributed by atoms with Crippen molar-refractivity contribution in [1.29, 1.82) is 5.41 Å². The quantitative estimate of drug-likeness (QED) is 0.473. The summed E-state index contributed by atoms with van der Waals surface area (Å²) < 4.78 is 0. The van der Waals surface area contributed by atoms with Crippen LogP contribution in [0.15, 0.2) is 36.5 Å². The van der Waals surface area contributed by atoms with Gasteiger partial charge in [0.15, 0.2) is 0 Å². The van der Waals surface area contributed by atoms with Crippen LogP contribution in [0.1, 0.15) is 69.6 Å². The van der Waals surface area contributed by atoms with E-state index in [-0.39, 0.29) is 12.5 Å². The zero-order valence-electron chi connectivity index (χ0n) is 17.0. The number of pyridine rings is 1. The maximum absolute atomic E-state index is 9.45. The number of aromatic nitrogens is 1. The van der Waals surface area contributed by atoms with E-state index in [1.54, 1.807) is 6.20 Å². The van der Waals surface area contributed by atoms with E-state index in [1.165, 1.54) is 5.56 Å². The number of aliphatic hydroxyl groups excluding tert-OH is 1. The van der Waals surface area contributed by atoms with Gasteiger partial charge in [-0.15, -0.1) is 0 Å². The molecule has 2 aromatic rings. The summed E-state index contributed by atoms with van der Waals surface area (Å²) in [7, 11) is 0. The topological polar surface area (TPSA) is 69.0 Å². The van der Waals surface area contributed by atoms with Gasteiger partial charge in [-0.05, 0) is 60.9 Å². The average Bonchev–Trinajstić information content (AvgIpc) is 2.69. The van der Waals surface area contributed by atoms with Crippen molar-refractivity contribution < 1.29 is 5.11 Å². The van der Waals surface area contributed by atoms with Crippen molar-refractivity contribution in [2.24, 2.45) is 5.92 Å². The molecule has 4 heteroatoms. The first-order valence-corrected chi connectivity index (χ1v) is 10.1. The molecule has 1 aromatic heterocycles. The lowest BCUT2D eigenvalue weighted by molar-refractivity contribution is 0.299. The van der Waals surface area contributed by atoms with Gasteiger partial charge in [0.25, 0.3) is 0 Å². The van der Waals surface area contributed by atoms with E-state index in [0.29, 0.717) is 23.9 Å². The van der Waals surface area contributed by atoms with E-state index in [9.17, 15) is 5.11 Å². The van der Waals surface area contributed by atoms with Crippen LogP contribution < -0.4 is 5.32 Å². The first kappa shape index (κ1) is 21.1. The number of anilines is 2. The SMILES string of the molecule is CCC(CC)C(=N)c1c(CCO)ccnc1Nc1ccc(C(C)CC)cc1. The highest BCUT2D eigenvalue weighted by Crippen LogP contribution is 2.28. The Morgan fingerprint density at radius 2 is 1.74 bits per heavy atom. The summed E-state index contributed by atoms with van der Waals surface area (Å²) in [5, 5.41) is 21.6. The van der Waals surface area contributed by atoms with Gasteiger partial charge in [-0.25, -0.2) is 4.98 Å². The van der Waals surface area contributed by atoms with Crippen LogP contribution in [0.5, 0.6) is 0 Å². The molecule has 1 aromatic carbocycles. The Bertz CT molecular complexity index is 736. The molecule has 1 heterocycles. The number of hydrogen-bond acceptors (Lipinski definition) is 4. The summed E-state index contributed by atoms with van der Waals surface area (Å²) in [6, 6.07) is 10.4. The number of hydrogen-bond donors (Lipinski definition) is 3. The molecule has 2 rings (SSSR count). The fraction of sp³-hybridized carbons (Fsp3) is 0.478. The third-order valence-electron chi connectivity index (χ3n) is 5.44. The van der Waals surface area contributed by atoms with Gasteiger partial charge >= 0.3 is 0 Å². The van der Waals surface area contributed by atoms with Gasteiger partial charge in [0.2, 0.25) is 0 Å². The standard InChI is InChI=1S/C23H33N3O/c1-5-16(4)18-8-10-20(11-9-18)26-23-21(22(24)17(6-2)7-3)19(13-15-27)12-14-25-23/h8-12,14,16-17,24,27H,5-7,13,15H2,1-4H3,(H,25,26). The Hall–Kier alpha value is -2.20. The molecule has 3 N–H and O–H groups in total. The van der Waals surface area contributed by atoms with E-state index in [1.807, 2.05) is 6.07 Å². The van der Waals surface area contributed by atoms with Crippen LogP contribution in [0.4, 0.5) is 11.5 Å². The van der Waals surface area contributed by atoms with Crippen LogP contribution in [-0.4, -0.2) is 22.4 Å². The van der Waals surface area contributed by atoms with E-state index < -0.39 is 0 Å². The van der Waals surface area contributed by atoms with Crippen molar-refractivity contribution in [3.8, 4) is 0 Å². The summed E-state index contributed by atoms with van der Waals surface area (Å²) in [5.74, 6) is 1.44. The first-order chi connectivity index (χ1) is 13.0. The molecule has 0 aliphatic carbocycles. The molecule has 0 saturated heterocycles. The highest BCUT2D eigenvalue weighted by molar-refractivity contribution is 6.05. The van der Waals surface area contributed by atoms with Crippen LogP contribution in [0.2, 0.25) is 0 Å². The molecule has 0 amide bonds. The Morgan fingerprint density at radius 1 is 1.07 bits per heavy atom. The van der Waals surface area contributed by atoms with Crippen molar-refractivity contribution in [2.45, 2.75) is 59.3 Å². The van der Waals surface area contributed by atoms with Crippen LogP contribution in [-0.2, 0) is 6.42 Å². The summed E-state index contributed by atoms with van der Waals surface area (Å²) in [4.78, 5) is 4.53. The zero-order chi connectivity index (χ0) is 19.8. The number of benzene rings is 1. The van der Waals surface area contributed by atoms with Crippen molar-refractivity contribution in [2.75, 3.05) is 11.9 Å². The molecule has 146 valence electrons. The number of nitrogens with zero attached hydrogens (tertiary/aromatic N) is 1. The second-order valence-corrected chi connectivity index (χ2v) is 7.15. The molecule has 0 radical (unpaired) electrons. The van der Waals surface area contributed by atoms with E-state index in [0.717, 1.165) is 36.1 Å². The number of aliphatic hydroxyl groups is 1.